The highest BCUT2D eigenvalue weighted by Gasteiger charge is 2.07. The van der Waals surface area contributed by atoms with Gasteiger partial charge in [0, 0.05) is 17.7 Å². The molecule has 0 bridgehead atoms. The van der Waals surface area contributed by atoms with E-state index < -0.39 is 5.97 Å². The first-order valence-electron chi connectivity index (χ1n) is 7.85. The van der Waals surface area contributed by atoms with Crippen molar-refractivity contribution in [3.05, 3.63) is 101 Å². The van der Waals surface area contributed by atoms with Gasteiger partial charge in [-0.3, -0.25) is 0 Å². The third-order valence-corrected chi connectivity index (χ3v) is 3.79. The van der Waals surface area contributed by atoms with Gasteiger partial charge >= 0.3 is 5.97 Å². The summed E-state index contributed by atoms with van der Waals surface area (Å²) in [5, 5.41) is 9.04. The zero-order valence-corrected chi connectivity index (χ0v) is 13.5. The maximum absolute atomic E-state index is 12.9. The van der Waals surface area contributed by atoms with E-state index in [-0.39, 0.29) is 11.4 Å². The largest absolute Gasteiger partial charge is 0.478 e. The van der Waals surface area contributed by atoms with Gasteiger partial charge in [0.15, 0.2) is 18.9 Å². The van der Waals surface area contributed by atoms with Gasteiger partial charge < -0.3 is 5.11 Å². The van der Waals surface area contributed by atoms with E-state index in [0.29, 0.717) is 6.54 Å². The van der Waals surface area contributed by atoms with Crippen LogP contribution in [0.1, 0.15) is 27.0 Å². The van der Waals surface area contributed by atoms with Gasteiger partial charge in [-0.1, -0.05) is 36.4 Å². The Labute approximate surface area is 145 Å². The molecule has 1 heterocycles. The SMILES string of the molecule is O=C(O)c1cccc(C[n+]2ccc(/C=C\c3ccc(F)cc3)cc2)c1. The van der Waals surface area contributed by atoms with Crippen molar-refractivity contribution < 1.29 is 18.9 Å². The second-order valence-electron chi connectivity index (χ2n) is 5.69. The monoisotopic (exact) mass is 334 g/mol. The van der Waals surface area contributed by atoms with Gasteiger partial charge in [-0.05, 0) is 35.4 Å². The van der Waals surface area contributed by atoms with Crippen molar-refractivity contribution >= 4 is 18.1 Å². The number of carbonyl (C=O) groups is 1. The van der Waals surface area contributed by atoms with Gasteiger partial charge in [0.25, 0.3) is 0 Å². The minimum Gasteiger partial charge on any atom is -0.478 e. The smallest absolute Gasteiger partial charge is 0.335 e. The van der Waals surface area contributed by atoms with Crippen molar-refractivity contribution in [2.24, 2.45) is 0 Å². The summed E-state index contributed by atoms with van der Waals surface area (Å²) in [7, 11) is 0. The Hall–Kier alpha value is -3.27. The summed E-state index contributed by atoms with van der Waals surface area (Å²) in [4.78, 5) is 11.0. The van der Waals surface area contributed by atoms with Crippen molar-refractivity contribution in [1.82, 2.24) is 0 Å². The van der Waals surface area contributed by atoms with E-state index in [4.69, 9.17) is 5.11 Å². The average Bonchev–Trinajstić information content (AvgIpc) is 2.63. The molecule has 0 atom stereocenters. The normalized spacial score (nSPS) is 10.9. The highest BCUT2D eigenvalue weighted by Crippen LogP contribution is 2.09. The number of pyridine rings is 1. The van der Waals surface area contributed by atoms with E-state index in [1.165, 1.54) is 12.1 Å². The molecule has 0 aliphatic rings. The Balaban J connectivity index is 1.69. The van der Waals surface area contributed by atoms with E-state index in [0.717, 1.165) is 16.7 Å². The van der Waals surface area contributed by atoms with Crippen LogP contribution in [0.2, 0.25) is 0 Å². The lowest BCUT2D eigenvalue weighted by atomic mass is 10.1. The molecule has 0 fully saturated rings. The molecule has 4 heteroatoms. The summed E-state index contributed by atoms with van der Waals surface area (Å²) in [6.07, 6.45) is 7.77. The highest BCUT2D eigenvalue weighted by atomic mass is 19.1. The molecule has 25 heavy (non-hydrogen) atoms. The van der Waals surface area contributed by atoms with Crippen LogP contribution in [0.5, 0.6) is 0 Å². The van der Waals surface area contributed by atoms with E-state index in [1.54, 1.807) is 30.3 Å². The molecule has 1 N–H and O–H groups in total. The van der Waals surface area contributed by atoms with Gasteiger partial charge in [-0.25, -0.2) is 13.8 Å². The summed E-state index contributed by atoms with van der Waals surface area (Å²) in [5.74, 6) is -1.17. The molecule has 3 nitrogen and oxygen atoms in total. The Morgan fingerprint density at radius 3 is 2.24 bits per heavy atom. The van der Waals surface area contributed by atoms with Crippen molar-refractivity contribution in [3.8, 4) is 0 Å². The predicted molar refractivity (Wildman–Crippen MR) is 94.5 cm³/mol. The molecule has 0 amide bonds. The lowest BCUT2D eigenvalue weighted by molar-refractivity contribution is -0.688. The van der Waals surface area contributed by atoms with Gasteiger partial charge in [-0.2, -0.15) is 0 Å². The van der Waals surface area contributed by atoms with E-state index in [9.17, 15) is 9.18 Å². The van der Waals surface area contributed by atoms with Gasteiger partial charge in [-0.15, -0.1) is 0 Å². The topological polar surface area (TPSA) is 41.2 Å². The first kappa shape index (κ1) is 16.6. The van der Waals surface area contributed by atoms with Crippen LogP contribution in [-0.2, 0) is 6.54 Å². The molecule has 3 aromatic rings. The van der Waals surface area contributed by atoms with Crippen molar-refractivity contribution in [2.75, 3.05) is 0 Å². The van der Waals surface area contributed by atoms with Crippen LogP contribution in [0.3, 0.4) is 0 Å². The fourth-order valence-electron chi connectivity index (χ4n) is 2.47. The zero-order valence-electron chi connectivity index (χ0n) is 13.5. The number of hydrogen-bond acceptors (Lipinski definition) is 1. The van der Waals surface area contributed by atoms with Crippen LogP contribution in [-0.4, -0.2) is 11.1 Å². The van der Waals surface area contributed by atoms with Gasteiger partial charge in [0.1, 0.15) is 5.82 Å². The number of rotatable bonds is 5. The lowest BCUT2D eigenvalue weighted by Gasteiger charge is -2.00. The minimum atomic E-state index is -0.923. The second kappa shape index (κ2) is 7.53. The Morgan fingerprint density at radius 2 is 1.60 bits per heavy atom. The van der Waals surface area contributed by atoms with E-state index in [2.05, 4.69) is 0 Å². The molecule has 2 aromatic carbocycles. The number of benzene rings is 2. The molecule has 0 radical (unpaired) electrons. The standard InChI is InChI=1S/C21H16FNO2/c22-20-8-6-16(7-9-20)4-5-17-10-12-23(13-11-17)15-18-2-1-3-19(14-18)21(24)25/h1-14H,15H2/p+1/b5-4-. The lowest BCUT2D eigenvalue weighted by Crippen LogP contribution is -2.33. The molecule has 124 valence electrons. The number of carboxylic acid groups (broad SMARTS) is 1. The fourth-order valence-corrected chi connectivity index (χ4v) is 2.47. The van der Waals surface area contributed by atoms with Crippen LogP contribution in [0.4, 0.5) is 4.39 Å². The van der Waals surface area contributed by atoms with Crippen LogP contribution in [0, 0.1) is 5.82 Å². The van der Waals surface area contributed by atoms with Crippen LogP contribution in [0.25, 0.3) is 12.2 Å². The molecule has 3 rings (SSSR count). The number of aromatic nitrogens is 1. The quantitative estimate of drug-likeness (QED) is 0.716. The summed E-state index contributed by atoms with van der Waals surface area (Å²) < 4.78 is 14.9. The Kier molecular flexibility index (Phi) is 5.00. The summed E-state index contributed by atoms with van der Waals surface area (Å²) in [5.41, 5.74) is 3.18. The molecule has 0 spiro atoms. The van der Waals surface area contributed by atoms with Crippen molar-refractivity contribution in [2.45, 2.75) is 6.54 Å². The molecule has 1 aromatic heterocycles. The molecular weight excluding hydrogens is 317 g/mol. The Morgan fingerprint density at radius 1 is 0.960 bits per heavy atom. The van der Waals surface area contributed by atoms with E-state index in [1.807, 2.05) is 47.3 Å². The van der Waals surface area contributed by atoms with Crippen molar-refractivity contribution in [1.29, 1.82) is 0 Å². The molecular formula is C21H17FNO2+. The van der Waals surface area contributed by atoms with Crippen LogP contribution in [0.15, 0.2) is 73.1 Å². The molecule has 0 aliphatic carbocycles. The Bertz CT molecular complexity index is 900. The highest BCUT2D eigenvalue weighted by molar-refractivity contribution is 5.87. The number of aromatic carboxylic acids is 1. The summed E-state index contributed by atoms with van der Waals surface area (Å²) in [6, 6.07) is 17.2. The zero-order chi connectivity index (χ0) is 17.6. The minimum absolute atomic E-state index is 0.245. The van der Waals surface area contributed by atoms with E-state index >= 15 is 0 Å². The number of nitrogens with zero attached hydrogens (tertiary/aromatic N) is 1. The average molecular weight is 334 g/mol. The number of carboxylic acids is 1. The fraction of sp³-hybridized carbons (Fsp3) is 0.0476. The van der Waals surface area contributed by atoms with Crippen molar-refractivity contribution in [3.63, 3.8) is 0 Å². The first-order valence-corrected chi connectivity index (χ1v) is 7.85. The van der Waals surface area contributed by atoms with Gasteiger partial charge in [0.05, 0.1) is 5.56 Å². The second-order valence-corrected chi connectivity index (χ2v) is 5.69. The predicted octanol–water partition coefficient (Wildman–Crippen LogP) is 4.03. The van der Waals surface area contributed by atoms with Crippen LogP contribution < -0.4 is 4.57 Å². The molecule has 0 saturated carbocycles. The summed E-state index contributed by atoms with van der Waals surface area (Å²) in [6.45, 7) is 0.600. The first-order chi connectivity index (χ1) is 12.1. The molecule has 0 unspecified atom stereocenters. The number of halogens is 1. The third kappa shape index (κ3) is 4.61. The summed E-state index contributed by atoms with van der Waals surface area (Å²) >= 11 is 0. The molecule has 0 aliphatic heterocycles. The number of hydrogen-bond donors (Lipinski definition) is 1. The third-order valence-electron chi connectivity index (χ3n) is 3.79. The van der Waals surface area contributed by atoms with Gasteiger partial charge in [0.2, 0.25) is 0 Å². The van der Waals surface area contributed by atoms with Crippen LogP contribution >= 0.6 is 0 Å². The molecule has 0 saturated heterocycles. The maximum Gasteiger partial charge on any atom is 0.335 e. The maximum atomic E-state index is 12.9.